The fourth-order valence-electron chi connectivity index (χ4n) is 4.90. The molecule has 1 unspecified atom stereocenters. The number of phosphoric ester groups is 1. The summed E-state index contributed by atoms with van der Waals surface area (Å²) in [5, 5.41) is 20.0. The van der Waals surface area contributed by atoms with Gasteiger partial charge in [0, 0.05) is 12.8 Å². The van der Waals surface area contributed by atoms with Crippen LogP contribution < -0.4 is 4.89 Å². The molecular weight excluding hydrogens is 806 g/mol. The van der Waals surface area contributed by atoms with Crippen molar-refractivity contribution >= 4 is 19.8 Å². The molecule has 11 nitrogen and oxygen atoms in total. The molecule has 0 amide bonds. The van der Waals surface area contributed by atoms with Gasteiger partial charge in [-0.25, -0.2) is 0 Å². The highest BCUT2D eigenvalue weighted by molar-refractivity contribution is 7.45. The molecule has 0 saturated heterocycles. The Kier molecular flexibility index (Phi) is 37.4. The highest BCUT2D eigenvalue weighted by Crippen LogP contribution is 2.38. The van der Waals surface area contributed by atoms with Crippen molar-refractivity contribution in [2.24, 2.45) is 0 Å². The maximum absolute atomic E-state index is 12.7. The fourth-order valence-corrected chi connectivity index (χ4v) is 5.63. The molecule has 0 saturated carbocycles. The van der Waals surface area contributed by atoms with Gasteiger partial charge in [-0.3, -0.25) is 14.2 Å². The number of aliphatic hydroxyl groups excluding tert-OH is 2. The number of unbranched alkanes of at least 4 members (excludes halogenated alkanes) is 2. The largest absolute Gasteiger partial charge is 0.756 e. The molecule has 0 heterocycles. The molecule has 0 aliphatic heterocycles. The van der Waals surface area contributed by atoms with Crippen LogP contribution in [0, 0.1) is 0 Å². The van der Waals surface area contributed by atoms with Crippen molar-refractivity contribution in [2.75, 3.05) is 47.5 Å². The molecule has 0 aromatic carbocycles. The lowest BCUT2D eigenvalue weighted by Gasteiger charge is -2.28. The minimum Gasteiger partial charge on any atom is -0.756 e. The van der Waals surface area contributed by atoms with Gasteiger partial charge < -0.3 is 38.1 Å². The summed E-state index contributed by atoms with van der Waals surface area (Å²) in [5.41, 5.74) is 0. The Balaban J connectivity index is 4.72. The van der Waals surface area contributed by atoms with E-state index in [-0.39, 0.29) is 26.1 Å². The summed E-state index contributed by atoms with van der Waals surface area (Å²) in [5.74, 6) is -1.10. The number of nitrogens with zero attached hydrogens (tertiary/aromatic N) is 1. The Morgan fingerprint density at radius 2 is 1.13 bits per heavy atom. The van der Waals surface area contributed by atoms with E-state index in [2.05, 4.69) is 62.5 Å². The zero-order chi connectivity index (χ0) is 46.0. The van der Waals surface area contributed by atoms with Crippen molar-refractivity contribution in [2.45, 2.75) is 122 Å². The minimum absolute atomic E-state index is 0.0690. The van der Waals surface area contributed by atoms with Crippen LogP contribution in [0.25, 0.3) is 0 Å². The van der Waals surface area contributed by atoms with Gasteiger partial charge in [0.15, 0.2) is 6.10 Å². The second-order valence-electron chi connectivity index (χ2n) is 15.3. The van der Waals surface area contributed by atoms with Gasteiger partial charge in [0.2, 0.25) is 0 Å². The summed E-state index contributed by atoms with van der Waals surface area (Å²) < 4.78 is 33.6. The first kappa shape index (κ1) is 58.1. The van der Waals surface area contributed by atoms with Crippen LogP contribution in [0.15, 0.2) is 134 Å². The Hall–Kier alpha value is -3.93. The first-order chi connectivity index (χ1) is 29.8. The predicted octanol–water partition coefficient (Wildman–Crippen LogP) is 9.99. The topological polar surface area (TPSA) is 152 Å². The van der Waals surface area contributed by atoms with E-state index in [0.717, 1.165) is 38.5 Å². The molecule has 0 bridgehead atoms. The standard InChI is InChI=1S/C50H78NO10P/c1-6-8-10-11-12-13-14-15-16-17-18-19-20-21-25-28-34-41-50(55)61-48(45-60-62(56,57)59-43-42-51(3,4)5)44-58-49(54)40-35-29-33-39-47(53)38-32-27-24-22-23-26-31-37-46(52)36-30-9-7-2/h8-10,12-13,15-16,18-19,21,23-27,30-33,37-39,46-48,52-53H,6-7,11,14,17,20,22,28-29,34-36,40-45H2,1-5H3/b10-8-,13-12-,16-15-,19-18-,25-21-,26-23-,27-24-,30-9-,37-31+,38-32+,39-33-/t46-,47-,48-/m1/s1. The first-order valence-electron chi connectivity index (χ1n) is 22.1. The minimum atomic E-state index is -4.70. The number of ether oxygens (including phenoxy) is 2. The van der Waals surface area contributed by atoms with E-state index in [1.54, 1.807) is 30.4 Å². The molecule has 348 valence electrons. The van der Waals surface area contributed by atoms with E-state index >= 15 is 0 Å². The Morgan fingerprint density at radius 3 is 1.73 bits per heavy atom. The number of carbonyl (C=O) groups excluding carboxylic acids is 2. The van der Waals surface area contributed by atoms with E-state index in [0.29, 0.717) is 49.6 Å². The van der Waals surface area contributed by atoms with Crippen molar-refractivity contribution in [1.29, 1.82) is 0 Å². The summed E-state index contributed by atoms with van der Waals surface area (Å²) in [6.45, 7) is 3.59. The average Bonchev–Trinajstić information content (AvgIpc) is 3.21. The normalized spacial score (nSPS) is 15.8. The third-order valence-electron chi connectivity index (χ3n) is 8.34. The maximum atomic E-state index is 12.7. The van der Waals surface area contributed by atoms with Gasteiger partial charge in [0.25, 0.3) is 7.82 Å². The van der Waals surface area contributed by atoms with E-state index in [1.165, 1.54) is 0 Å². The third kappa shape index (κ3) is 42.7. The lowest BCUT2D eigenvalue weighted by Crippen LogP contribution is -2.37. The number of hydrogen-bond acceptors (Lipinski definition) is 10. The number of phosphoric acid groups is 1. The van der Waals surface area contributed by atoms with E-state index in [1.807, 2.05) is 75.8 Å². The summed E-state index contributed by atoms with van der Waals surface area (Å²) in [7, 11) is 0.987. The molecule has 0 spiro atoms. The zero-order valence-corrected chi connectivity index (χ0v) is 39.1. The monoisotopic (exact) mass is 884 g/mol. The lowest BCUT2D eigenvalue weighted by atomic mass is 10.2. The quantitative estimate of drug-likeness (QED) is 0.0154. The number of rotatable bonds is 37. The molecule has 0 aliphatic rings. The number of aliphatic hydroxyl groups is 2. The third-order valence-corrected chi connectivity index (χ3v) is 9.30. The Morgan fingerprint density at radius 1 is 0.613 bits per heavy atom. The van der Waals surface area contributed by atoms with E-state index in [4.69, 9.17) is 18.5 Å². The number of esters is 2. The number of quaternary nitrogens is 1. The molecule has 0 fully saturated rings. The van der Waals surface area contributed by atoms with Crippen molar-refractivity contribution in [1.82, 2.24) is 0 Å². The molecule has 0 aromatic heterocycles. The molecular formula is C50H78NO10P. The number of carbonyl (C=O) groups is 2. The van der Waals surface area contributed by atoms with Crippen LogP contribution >= 0.6 is 7.82 Å². The highest BCUT2D eigenvalue weighted by atomic mass is 31.2. The van der Waals surface area contributed by atoms with Crippen LogP contribution in [0.2, 0.25) is 0 Å². The second kappa shape index (κ2) is 39.9. The van der Waals surface area contributed by atoms with Gasteiger partial charge >= 0.3 is 11.9 Å². The number of likely N-dealkylation sites (N-methyl/N-ethyl adjacent to an activating group) is 1. The van der Waals surface area contributed by atoms with Gasteiger partial charge in [-0.1, -0.05) is 148 Å². The molecule has 0 rings (SSSR count). The summed E-state index contributed by atoms with van der Waals surface area (Å²) in [6.07, 6.45) is 50.0. The molecule has 0 aliphatic carbocycles. The Bertz CT molecular complexity index is 1540. The first-order valence-corrected chi connectivity index (χ1v) is 23.6. The van der Waals surface area contributed by atoms with Gasteiger partial charge in [-0.05, 0) is 77.0 Å². The van der Waals surface area contributed by atoms with Crippen LogP contribution in [0.1, 0.15) is 104 Å². The number of hydrogen-bond donors (Lipinski definition) is 2. The van der Waals surface area contributed by atoms with Crippen LogP contribution in [-0.2, 0) is 32.7 Å². The molecule has 2 N–H and O–H groups in total. The smallest absolute Gasteiger partial charge is 0.306 e. The lowest BCUT2D eigenvalue weighted by molar-refractivity contribution is -0.870. The van der Waals surface area contributed by atoms with Crippen LogP contribution in [0.4, 0.5) is 0 Å². The zero-order valence-electron chi connectivity index (χ0n) is 38.2. The summed E-state index contributed by atoms with van der Waals surface area (Å²) in [6, 6.07) is 0. The predicted molar refractivity (Wildman–Crippen MR) is 252 cm³/mol. The number of allylic oxidation sites excluding steroid dienone is 18. The van der Waals surface area contributed by atoms with Crippen molar-refractivity contribution < 1.29 is 52.3 Å². The van der Waals surface area contributed by atoms with Gasteiger partial charge in [0.1, 0.15) is 19.8 Å². The average molecular weight is 884 g/mol. The molecule has 12 heteroatoms. The highest BCUT2D eigenvalue weighted by Gasteiger charge is 2.21. The van der Waals surface area contributed by atoms with E-state index < -0.39 is 44.7 Å². The van der Waals surface area contributed by atoms with Crippen LogP contribution in [-0.4, -0.2) is 92.5 Å². The fraction of sp³-hybridized carbons (Fsp3) is 0.520. The van der Waals surface area contributed by atoms with Crippen LogP contribution in [0.3, 0.4) is 0 Å². The van der Waals surface area contributed by atoms with Crippen LogP contribution in [0.5, 0.6) is 0 Å². The summed E-state index contributed by atoms with van der Waals surface area (Å²) >= 11 is 0. The summed E-state index contributed by atoms with van der Waals surface area (Å²) in [4.78, 5) is 37.5. The molecule has 0 aromatic rings. The van der Waals surface area contributed by atoms with Gasteiger partial charge in [-0.2, -0.15) is 0 Å². The van der Waals surface area contributed by atoms with E-state index in [9.17, 15) is 29.3 Å². The molecule has 0 radical (unpaired) electrons. The SMILES string of the molecule is CC/C=C\C/C=C\C/C=C\C/C=C\C/C=C\CCCC(=O)O[C@H](COC(=O)CCC/C=C\[C@H](O)/C=C/C=C\C/C=C\C=C\[C@H](O)C/C=C\CC)COP(=O)([O-])OCC[N+](C)(C)C. The molecule has 62 heavy (non-hydrogen) atoms. The second-order valence-corrected chi connectivity index (χ2v) is 16.8. The van der Waals surface area contributed by atoms with Crippen molar-refractivity contribution in [3.63, 3.8) is 0 Å². The Labute approximate surface area is 374 Å². The van der Waals surface area contributed by atoms with Gasteiger partial charge in [0.05, 0.1) is 40.0 Å². The maximum Gasteiger partial charge on any atom is 0.306 e. The van der Waals surface area contributed by atoms with Gasteiger partial charge in [-0.15, -0.1) is 0 Å². The van der Waals surface area contributed by atoms with Crippen molar-refractivity contribution in [3.05, 3.63) is 134 Å². The van der Waals surface area contributed by atoms with Crippen molar-refractivity contribution in [3.8, 4) is 0 Å². The molecule has 4 atom stereocenters.